The summed E-state index contributed by atoms with van der Waals surface area (Å²) >= 11 is 0. The highest BCUT2D eigenvalue weighted by Gasteiger charge is 2.41. The molecule has 1 saturated carbocycles. The molecule has 3 atom stereocenters. The lowest BCUT2D eigenvalue weighted by atomic mass is 9.83. The number of nitrogens with one attached hydrogen (secondary N) is 1. The minimum absolute atomic E-state index is 0.0873. The van der Waals surface area contributed by atoms with Crippen LogP contribution in [0.4, 0.5) is 10.1 Å². The van der Waals surface area contributed by atoms with Gasteiger partial charge in [0.25, 0.3) is 0 Å². The quantitative estimate of drug-likeness (QED) is 0.875. The van der Waals surface area contributed by atoms with Crippen LogP contribution in [0, 0.1) is 12.7 Å². The van der Waals surface area contributed by atoms with Crippen LogP contribution in [-0.4, -0.2) is 40.1 Å². The fraction of sp³-hybridized carbons (Fsp3) is 0.526. The molecule has 2 heterocycles. The van der Waals surface area contributed by atoms with Crippen LogP contribution in [0.25, 0.3) is 0 Å². The third kappa shape index (κ3) is 3.16. The maximum atomic E-state index is 14.4. The van der Waals surface area contributed by atoms with Crippen LogP contribution in [-0.2, 0) is 6.54 Å². The second-order valence-electron chi connectivity index (χ2n) is 7.21. The molecule has 2 aliphatic rings. The monoisotopic (exact) mass is 344 g/mol. The van der Waals surface area contributed by atoms with Gasteiger partial charge < -0.3 is 15.3 Å². The minimum atomic E-state index is -0.407. The molecule has 5 nitrogen and oxygen atoms in total. The van der Waals surface area contributed by atoms with Gasteiger partial charge in [-0.3, -0.25) is 4.68 Å². The molecule has 0 bridgehead atoms. The highest BCUT2D eigenvalue weighted by molar-refractivity contribution is 5.54. The summed E-state index contributed by atoms with van der Waals surface area (Å²) in [6, 6.07) is 5.33. The van der Waals surface area contributed by atoms with Crippen molar-refractivity contribution in [2.24, 2.45) is 0 Å². The number of anilines is 1. The van der Waals surface area contributed by atoms with E-state index in [4.69, 9.17) is 0 Å². The third-order valence-corrected chi connectivity index (χ3v) is 5.42. The number of hydrogen-bond donors (Lipinski definition) is 2. The Morgan fingerprint density at radius 1 is 1.32 bits per heavy atom. The first-order valence-corrected chi connectivity index (χ1v) is 9.08. The van der Waals surface area contributed by atoms with Crippen molar-refractivity contribution in [3.05, 3.63) is 47.5 Å². The second-order valence-corrected chi connectivity index (χ2v) is 7.21. The fourth-order valence-electron chi connectivity index (χ4n) is 3.98. The first kappa shape index (κ1) is 16.5. The molecule has 1 aliphatic carbocycles. The average molecular weight is 344 g/mol. The lowest BCUT2D eigenvalue weighted by molar-refractivity contribution is -0.00829. The van der Waals surface area contributed by atoms with Gasteiger partial charge in [-0.1, -0.05) is 6.07 Å². The molecular formula is C19H25FN4O. The Morgan fingerprint density at radius 3 is 2.80 bits per heavy atom. The smallest absolute Gasteiger partial charge is 0.129 e. The molecule has 2 fully saturated rings. The summed E-state index contributed by atoms with van der Waals surface area (Å²) in [5, 5.41) is 17.9. The molecule has 134 valence electrons. The molecule has 2 aromatic rings. The number of aliphatic hydroxyl groups is 1. The largest absolute Gasteiger partial charge is 0.391 e. The van der Waals surface area contributed by atoms with Crippen molar-refractivity contribution >= 4 is 5.69 Å². The van der Waals surface area contributed by atoms with Crippen molar-refractivity contribution in [3.8, 4) is 0 Å². The summed E-state index contributed by atoms with van der Waals surface area (Å²) in [6.45, 7) is 4.44. The zero-order valence-corrected chi connectivity index (χ0v) is 14.5. The molecule has 4 rings (SSSR count). The van der Waals surface area contributed by atoms with Gasteiger partial charge in [0, 0.05) is 43.1 Å². The average Bonchev–Trinajstić information content (AvgIpc) is 3.24. The van der Waals surface area contributed by atoms with E-state index in [0.29, 0.717) is 13.0 Å². The Hall–Kier alpha value is -1.92. The van der Waals surface area contributed by atoms with Gasteiger partial charge in [0.05, 0.1) is 18.3 Å². The SMILES string of the molecule is Cc1cnn([C@H]2[C@H](O)C[C@@H]2NCc2c(F)cccc2N2CCCC2)c1. The first-order valence-electron chi connectivity index (χ1n) is 9.08. The molecule has 0 unspecified atom stereocenters. The summed E-state index contributed by atoms with van der Waals surface area (Å²) in [6.07, 6.45) is 6.33. The summed E-state index contributed by atoms with van der Waals surface area (Å²) < 4.78 is 16.3. The number of benzene rings is 1. The van der Waals surface area contributed by atoms with E-state index in [9.17, 15) is 9.50 Å². The maximum Gasteiger partial charge on any atom is 0.129 e. The predicted molar refractivity (Wildman–Crippen MR) is 95.1 cm³/mol. The molecule has 2 N–H and O–H groups in total. The maximum absolute atomic E-state index is 14.4. The number of aromatic nitrogens is 2. The van der Waals surface area contributed by atoms with E-state index in [1.165, 1.54) is 18.9 Å². The number of rotatable bonds is 5. The van der Waals surface area contributed by atoms with Crippen LogP contribution in [0.3, 0.4) is 0 Å². The van der Waals surface area contributed by atoms with Crippen LogP contribution in [0.15, 0.2) is 30.6 Å². The van der Waals surface area contributed by atoms with Gasteiger partial charge >= 0.3 is 0 Å². The van der Waals surface area contributed by atoms with Crippen molar-refractivity contribution in [1.29, 1.82) is 0 Å². The van der Waals surface area contributed by atoms with E-state index in [2.05, 4.69) is 15.3 Å². The Morgan fingerprint density at radius 2 is 2.12 bits per heavy atom. The number of halogens is 1. The second kappa shape index (κ2) is 6.77. The van der Waals surface area contributed by atoms with Gasteiger partial charge in [-0.2, -0.15) is 5.10 Å². The van der Waals surface area contributed by atoms with Crippen molar-refractivity contribution in [1.82, 2.24) is 15.1 Å². The molecule has 1 aromatic heterocycles. The molecule has 0 amide bonds. The standard InChI is InChI=1S/C19H25FN4O/c1-13-10-22-24(12-13)19-16(9-18(19)25)21-11-14-15(20)5-4-6-17(14)23-7-2-3-8-23/h4-6,10,12,16,18-19,21,25H,2-3,7-9,11H2,1H3/t16-,18+,19+/m0/s1. The van der Waals surface area contributed by atoms with Crippen molar-refractivity contribution in [2.45, 2.75) is 50.9 Å². The Balaban J connectivity index is 1.48. The van der Waals surface area contributed by atoms with E-state index in [1.807, 2.05) is 23.9 Å². The zero-order valence-electron chi connectivity index (χ0n) is 14.5. The van der Waals surface area contributed by atoms with E-state index in [0.717, 1.165) is 29.9 Å². The normalized spacial score (nSPS) is 26.0. The van der Waals surface area contributed by atoms with Crippen molar-refractivity contribution in [2.75, 3.05) is 18.0 Å². The third-order valence-electron chi connectivity index (χ3n) is 5.42. The van der Waals surface area contributed by atoms with Crippen molar-refractivity contribution < 1.29 is 9.50 Å². The molecule has 1 aliphatic heterocycles. The first-order chi connectivity index (χ1) is 12.1. The summed E-state index contributed by atoms with van der Waals surface area (Å²) in [5.74, 6) is -0.164. The van der Waals surface area contributed by atoms with Crippen LogP contribution in [0.1, 0.15) is 36.4 Å². The van der Waals surface area contributed by atoms with Crippen LogP contribution in [0.2, 0.25) is 0 Å². The highest BCUT2D eigenvalue weighted by atomic mass is 19.1. The molecule has 25 heavy (non-hydrogen) atoms. The molecule has 1 aromatic carbocycles. The summed E-state index contributed by atoms with van der Waals surface area (Å²) in [4.78, 5) is 2.27. The predicted octanol–water partition coefficient (Wildman–Crippen LogP) is 2.39. The highest BCUT2D eigenvalue weighted by Crippen LogP contribution is 2.34. The Kier molecular flexibility index (Phi) is 4.48. The molecule has 0 spiro atoms. The summed E-state index contributed by atoms with van der Waals surface area (Å²) in [5.41, 5.74) is 2.79. The lowest BCUT2D eigenvalue weighted by Crippen LogP contribution is -2.54. The van der Waals surface area contributed by atoms with E-state index < -0.39 is 6.10 Å². The number of nitrogens with zero attached hydrogens (tertiary/aromatic N) is 3. The molecule has 1 saturated heterocycles. The van der Waals surface area contributed by atoms with E-state index in [1.54, 1.807) is 12.3 Å². The van der Waals surface area contributed by atoms with Gasteiger partial charge in [0.2, 0.25) is 0 Å². The Labute approximate surface area is 147 Å². The van der Waals surface area contributed by atoms with Gasteiger partial charge in [0.15, 0.2) is 0 Å². The number of hydrogen-bond acceptors (Lipinski definition) is 4. The van der Waals surface area contributed by atoms with Crippen LogP contribution in [0.5, 0.6) is 0 Å². The fourth-order valence-corrected chi connectivity index (χ4v) is 3.98. The Bertz CT molecular complexity index is 741. The number of aliphatic hydroxyl groups excluding tert-OH is 1. The molecular weight excluding hydrogens is 319 g/mol. The van der Waals surface area contributed by atoms with E-state index in [-0.39, 0.29) is 17.9 Å². The molecule has 0 radical (unpaired) electrons. The summed E-state index contributed by atoms with van der Waals surface area (Å²) in [7, 11) is 0. The van der Waals surface area contributed by atoms with Crippen LogP contribution < -0.4 is 10.2 Å². The van der Waals surface area contributed by atoms with Gasteiger partial charge in [0.1, 0.15) is 5.82 Å². The van der Waals surface area contributed by atoms with Gasteiger partial charge in [-0.25, -0.2) is 4.39 Å². The number of aryl methyl sites for hydroxylation is 1. The van der Waals surface area contributed by atoms with E-state index >= 15 is 0 Å². The zero-order chi connectivity index (χ0) is 17.4. The molecule has 6 heteroatoms. The van der Waals surface area contributed by atoms with Gasteiger partial charge in [-0.15, -0.1) is 0 Å². The minimum Gasteiger partial charge on any atom is -0.391 e. The lowest BCUT2D eigenvalue weighted by Gasteiger charge is -2.42. The van der Waals surface area contributed by atoms with Crippen LogP contribution >= 0.6 is 0 Å². The topological polar surface area (TPSA) is 53.3 Å². The van der Waals surface area contributed by atoms with Gasteiger partial charge in [-0.05, 0) is 43.9 Å². The van der Waals surface area contributed by atoms with Crippen molar-refractivity contribution in [3.63, 3.8) is 0 Å².